The lowest BCUT2D eigenvalue weighted by atomic mass is 10.1. The summed E-state index contributed by atoms with van der Waals surface area (Å²) in [5, 5.41) is 4.16. The van der Waals surface area contributed by atoms with Crippen molar-refractivity contribution >= 4 is 22.9 Å². The minimum absolute atomic E-state index is 0.0872. The lowest BCUT2D eigenvalue weighted by molar-refractivity contribution is -0.138. The van der Waals surface area contributed by atoms with E-state index in [-0.39, 0.29) is 12.5 Å². The quantitative estimate of drug-likeness (QED) is 0.837. The molecule has 4 nitrogen and oxygen atoms in total. The largest absolute Gasteiger partial charge is 0.468 e. The first-order valence-electron chi connectivity index (χ1n) is 5.82. The summed E-state index contributed by atoms with van der Waals surface area (Å²) in [7, 11) is 1.37. The molecule has 0 bridgehead atoms. The van der Waals surface area contributed by atoms with Crippen molar-refractivity contribution < 1.29 is 9.53 Å². The van der Waals surface area contributed by atoms with E-state index in [4.69, 9.17) is 0 Å². The molecule has 0 spiro atoms. The molecule has 18 heavy (non-hydrogen) atoms. The van der Waals surface area contributed by atoms with E-state index < -0.39 is 0 Å². The average molecular weight is 264 g/mol. The van der Waals surface area contributed by atoms with Crippen molar-refractivity contribution in [1.29, 1.82) is 0 Å². The van der Waals surface area contributed by atoms with Gasteiger partial charge in [0.25, 0.3) is 0 Å². The van der Waals surface area contributed by atoms with Gasteiger partial charge in [0.1, 0.15) is 6.54 Å². The fraction of sp³-hybridized carbons (Fsp3) is 0.385. The summed E-state index contributed by atoms with van der Waals surface area (Å²) in [6.45, 7) is 0.0872. The smallest absolute Gasteiger partial charge is 0.327 e. The number of nitrogens with one attached hydrogen (secondary N) is 1. The topological polar surface area (TPSA) is 50.7 Å². The SMILES string of the molecule is COC(=O)CN=C1NC(Cc2ccccc2)CS1. The van der Waals surface area contributed by atoms with Crippen LogP contribution in [0.5, 0.6) is 0 Å². The zero-order valence-electron chi connectivity index (χ0n) is 10.3. The molecule has 1 unspecified atom stereocenters. The summed E-state index contributed by atoms with van der Waals surface area (Å²) in [4.78, 5) is 15.2. The lowest BCUT2D eigenvalue weighted by Crippen LogP contribution is -2.29. The second-order valence-corrected chi connectivity index (χ2v) is 5.05. The van der Waals surface area contributed by atoms with Crippen molar-refractivity contribution in [2.45, 2.75) is 12.5 Å². The van der Waals surface area contributed by atoms with E-state index in [0.29, 0.717) is 6.04 Å². The highest BCUT2D eigenvalue weighted by atomic mass is 32.2. The summed E-state index contributed by atoms with van der Waals surface area (Å²) >= 11 is 1.65. The van der Waals surface area contributed by atoms with Gasteiger partial charge < -0.3 is 10.1 Å². The normalized spacial score (nSPS) is 20.7. The van der Waals surface area contributed by atoms with E-state index in [1.54, 1.807) is 11.8 Å². The van der Waals surface area contributed by atoms with Crippen molar-refractivity contribution in [3.05, 3.63) is 35.9 Å². The molecule has 96 valence electrons. The predicted octanol–water partition coefficient (Wildman–Crippen LogP) is 1.46. The Morgan fingerprint density at radius 1 is 1.50 bits per heavy atom. The number of carbonyl (C=O) groups excluding carboxylic acids is 1. The van der Waals surface area contributed by atoms with Gasteiger partial charge in [-0.05, 0) is 12.0 Å². The molecule has 1 fully saturated rings. The Hall–Kier alpha value is -1.49. The Morgan fingerprint density at radius 3 is 3.00 bits per heavy atom. The van der Waals surface area contributed by atoms with Crippen molar-refractivity contribution in [2.75, 3.05) is 19.4 Å². The molecule has 1 aromatic carbocycles. The number of aliphatic imine (C=N–C) groups is 1. The van der Waals surface area contributed by atoms with Gasteiger partial charge in [-0.3, -0.25) is 9.79 Å². The summed E-state index contributed by atoms with van der Waals surface area (Å²) < 4.78 is 4.55. The molecule has 1 aliphatic rings. The first-order chi connectivity index (χ1) is 8.78. The molecular formula is C13H16N2O2S. The van der Waals surface area contributed by atoms with Crippen LogP contribution in [-0.4, -0.2) is 36.6 Å². The summed E-state index contributed by atoms with van der Waals surface area (Å²) in [6, 6.07) is 10.7. The van der Waals surface area contributed by atoms with E-state index in [1.807, 2.05) is 18.2 Å². The average Bonchev–Trinajstić information content (AvgIpc) is 2.85. The second kappa shape index (κ2) is 6.44. The molecule has 1 aliphatic heterocycles. The van der Waals surface area contributed by atoms with Crippen LogP contribution < -0.4 is 5.32 Å². The molecule has 0 saturated carbocycles. The molecule has 5 heteroatoms. The third-order valence-electron chi connectivity index (χ3n) is 2.65. The van der Waals surface area contributed by atoms with E-state index in [9.17, 15) is 4.79 Å². The molecule has 0 aliphatic carbocycles. The van der Waals surface area contributed by atoms with E-state index in [0.717, 1.165) is 17.3 Å². The number of hydrogen-bond acceptors (Lipinski definition) is 4. The minimum Gasteiger partial charge on any atom is -0.468 e. The van der Waals surface area contributed by atoms with Crippen LogP contribution in [0.2, 0.25) is 0 Å². The highest BCUT2D eigenvalue weighted by Gasteiger charge is 2.20. The van der Waals surface area contributed by atoms with Gasteiger partial charge in [0, 0.05) is 11.8 Å². The number of amidine groups is 1. The van der Waals surface area contributed by atoms with Crippen molar-refractivity contribution in [3.8, 4) is 0 Å². The van der Waals surface area contributed by atoms with Gasteiger partial charge in [-0.2, -0.15) is 0 Å². The van der Waals surface area contributed by atoms with Crippen LogP contribution in [0.15, 0.2) is 35.3 Å². The minimum atomic E-state index is -0.309. The molecule has 1 saturated heterocycles. The number of methoxy groups -OCH3 is 1. The van der Waals surface area contributed by atoms with Gasteiger partial charge >= 0.3 is 5.97 Å². The van der Waals surface area contributed by atoms with Gasteiger partial charge in [0.2, 0.25) is 0 Å². The molecule has 1 heterocycles. The van der Waals surface area contributed by atoms with Gasteiger partial charge in [-0.15, -0.1) is 0 Å². The first-order valence-corrected chi connectivity index (χ1v) is 6.81. The van der Waals surface area contributed by atoms with Gasteiger partial charge in [0.15, 0.2) is 5.17 Å². The van der Waals surface area contributed by atoms with Crippen molar-refractivity contribution in [2.24, 2.45) is 4.99 Å². The third kappa shape index (κ3) is 3.77. The first kappa shape index (κ1) is 13.0. The fourth-order valence-electron chi connectivity index (χ4n) is 1.74. The lowest BCUT2D eigenvalue weighted by Gasteiger charge is -2.09. The number of nitrogens with zero attached hydrogens (tertiary/aromatic N) is 1. The highest BCUT2D eigenvalue weighted by molar-refractivity contribution is 8.14. The number of benzene rings is 1. The van der Waals surface area contributed by atoms with E-state index in [2.05, 4.69) is 27.2 Å². The Labute approximate surface area is 111 Å². The molecule has 2 rings (SSSR count). The zero-order chi connectivity index (χ0) is 12.8. The number of rotatable bonds is 4. The maximum absolute atomic E-state index is 11.0. The van der Waals surface area contributed by atoms with Gasteiger partial charge in [-0.1, -0.05) is 42.1 Å². The maximum Gasteiger partial charge on any atom is 0.327 e. The maximum atomic E-state index is 11.0. The molecule has 0 amide bonds. The Morgan fingerprint density at radius 2 is 2.28 bits per heavy atom. The molecule has 1 aromatic rings. The van der Waals surface area contributed by atoms with E-state index >= 15 is 0 Å². The molecule has 0 radical (unpaired) electrons. The van der Waals surface area contributed by atoms with Crippen LogP contribution in [0, 0.1) is 0 Å². The third-order valence-corrected chi connectivity index (χ3v) is 3.74. The summed E-state index contributed by atoms with van der Waals surface area (Å²) in [5.41, 5.74) is 1.31. The molecule has 1 atom stereocenters. The summed E-state index contributed by atoms with van der Waals surface area (Å²) in [5.74, 6) is 0.672. The standard InChI is InChI=1S/C13H16N2O2S/c1-17-12(16)8-14-13-15-11(9-18-13)7-10-5-3-2-4-6-10/h2-6,11H,7-9H2,1H3,(H,14,15). The van der Waals surface area contributed by atoms with Crippen LogP contribution in [0.4, 0.5) is 0 Å². The Bertz CT molecular complexity index is 434. The van der Waals surface area contributed by atoms with Crippen LogP contribution in [0.1, 0.15) is 5.56 Å². The predicted molar refractivity (Wildman–Crippen MR) is 73.8 cm³/mol. The van der Waals surface area contributed by atoms with Crippen LogP contribution >= 0.6 is 11.8 Å². The zero-order valence-corrected chi connectivity index (χ0v) is 11.1. The Kier molecular flexibility index (Phi) is 4.64. The number of ether oxygens (including phenoxy) is 1. The van der Waals surface area contributed by atoms with Gasteiger partial charge in [0.05, 0.1) is 7.11 Å². The number of thioether (sulfide) groups is 1. The Balaban J connectivity index is 1.83. The van der Waals surface area contributed by atoms with Crippen molar-refractivity contribution in [1.82, 2.24) is 5.32 Å². The monoisotopic (exact) mass is 264 g/mol. The number of hydrogen-bond donors (Lipinski definition) is 1. The van der Waals surface area contributed by atoms with Crippen LogP contribution in [0.3, 0.4) is 0 Å². The molecular weight excluding hydrogens is 248 g/mol. The van der Waals surface area contributed by atoms with Crippen molar-refractivity contribution in [3.63, 3.8) is 0 Å². The number of esters is 1. The van der Waals surface area contributed by atoms with Crippen LogP contribution in [-0.2, 0) is 16.0 Å². The molecule has 0 aromatic heterocycles. The molecule has 1 N–H and O–H groups in total. The number of carbonyl (C=O) groups is 1. The van der Waals surface area contributed by atoms with Gasteiger partial charge in [-0.25, -0.2) is 0 Å². The van der Waals surface area contributed by atoms with E-state index in [1.165, 1.54) is 12.7 Å². The second-order valence-electron chi connectivity index (χ2n) is 4.04. The summed E-state index contributed by atoms with van der Waals surface area (Å²) in [6.07, 6.45) is 0.977. The van der Waals surface area contributed by atoms with Crippen LogP contribution in [0.25, 0.3) is 0 Å². The highest BCUT2D eigenvalue weighted by Crippen LogP contribution is 2.17. The fourth-order valence-corrected chi connectivity index (χ4v) is 2.70.